The quantitative estimate of drug-likeness (QED) is 0.859. The van der Waals surface area contributed by atoms with Gasteiger partial charge in [0.1, 0.15) is 5.82 Å². The molecule has 0 unspecified atom stereocenters. The minimum atomic E-state index is -4.20. The van der Waals surface area contributed by atoms with Crippen LogP contribution in [-0.4, -0.2) is 40.9 Å². The summed E-state index contributed by atoms with van der Waals surface area (Å²) in [6.07, 6.45) is 1.37. The molecule has 2 aromatic rings. The van der Waals surface area contributed by atoms with Crippen LogP contribution in [0.5, 0.6) is 0 Å². The first kappa shape index (κ1) is 16.9. The van der Waals surface area contributed by atoms with Crippen molar-refractivity contribution in [1.82, 2.24) is 9.29 Å². The number of hydrogen-bond acceptors (Lipinski definition) is 5. The third-order valence-corrected chi connectivity index (χ3v) is 5.58. The maximum absolute atomic E-state index is 13.8. The van der Waals surface area contributed by atoms with Gasteiger partial charge in [0.15, 0.2) is 16.5 Å². The number of likely N-dealkylation sites (N-methyl/N-ethyl adjacent to an activating group) is 1. The maximum Gasteiger partial charge on any atom is 0.357 e. The van der Waals surface area contributed by atoms with Crippen molar-refractivity contribution in [1.29, 1.82) is 0 Å². The Balaban J connectivity index is 2.15. The zero-order valence-corrected chi connectivity index (χ0v) is 13.8. The van der Waals surface area contributed by atoms with Gasteiger partial charge in [-0.15, -0.1) is 0 Å². The highest BCUT2D eigenvalue weighted by atomic mass is 32.2. The van der Waals surface area contributed by atoms with Crippen molar-refractivity contribution >= 4 is 21.8 Å². The topological polar surface area (TPSA) is 108 Å². The van der Waals surface area contributed by atoms with Crippen LogP contribution in [0.15, 0.2) is 47.3 Å². The molecule has 1 aliphatic rings. The predicted octanol–water partition coefficient (Wildman–Crippen LogP) is 1.76. The zero-order valence-electron chi connectivity index (χ0n) is 13.0. The summed E-state index contributed by atoms with van der Waals surface area (Å²) < 4.78 is 39.0. The van der Waals surface area contributed by atoms with Gasteiger partial charge < -0.3 is 10.2 Å². The second-order valence-electron chi connectivity index (χ2n) is 5.44. The summed E-state index contributed by atoms with van der Waals surface area (Å²) in [4.78, 5) is 15.2. The van der Waals surface area contributed by atoms with Crippen LogP contribution in [0, 0.1) is 5.82 Å². The van der Waals surface area contributed by atoms with Gasteiger partial charge in [0.25, 0.3) is 10.0 Å². The number of hydrogen-bond donors (Lipinski definition) is 2. The molecule has 0 bridgehead atoms. The average Bonchev–Trinajstić information content (AvgIpc) is 2.55. The van der Waals surface area contributed by atoms with E-state index in [1.165, 1.54) is 18.3 Å². The van der Waals surface area contributed by atoms with Gasteiger partial charge in [-0.3, -0.25) is 4.31 Å². The standard InChI is InChI=1S/C16H13FN2O5S/c1-19-13(16(21)22)14(20)11-7-9(8-18-15(11)25(19,23)24)6-10-4-2-3-5-12(10)17/h2-5,7-8,20H,6H2,1H3,(H,21,22). The Hall–Kier alpha value is -2.94. The summed E-state index contributed by atoms with van der Waals surface area (Å²) >= 11 is 0. The van der Waals surface area contributed by atoms with Crippen LogP contribution in [-0.2, 0) is 21.2 Å². The SMILES string of the molecule is CN1C(C(=O)O)=C(O)c2cc(Cc3ccccc3F)cnc2S1(=O)=O. The number of carbonyl (C=O) groups is 1. The first-order valence-corrected chi connectivity index (χ1v) is 8.55. The number of nitrogens with zero attached hydrogens (tertiary/aromatic N) is 2. The second-order valence-corrected chi connectivity index (χ2v) is 7.32. The molecule has 0 amide bonds. The number of sulfonamides is 1. The predicted molar refractivity (Wildman–Crippen MR) is 85.6 cm³/mol. The van der Waals surface area contributed by atoms with Crippen molar-refractivity contribution < 1.29 is 27.8 Å². The van der Waals surface area contributed by atoms with Crippen LogP contribution >= 0.6 is 0 Å². The molecule has 2 heterocycles. The number of aromatic nitrogens is 1. The van der Waals surface area contributed by atoms with Crippen LogP contribution in [0.2, 0.25) is 0 Å². The van der Waals surface area contributed by atoms with E-state index in [0.717, 1.165) is 7.05 Å². The monoisotopic (exact) mass is 364 g/mol. The van der Waals surface area contributed by atoms with Gasteiger partial charge in [-0.05, 0) is 23.3 Å². The molecular formula is C16H13FN2O5S. The molecule has 0 saturated carbocycles. The number of carboxylic acid groups (broad SMARTS) is 1. The fourth-order valence-corrected chi connectivity index (χ4v) is 3.88. The first-order chi connectivity index (χ1) is 11.7. The average molecular weight is 364 g/mol. The summed E-state index contributed by atoms with van der Waals surface area (Å²) in [5.74, 6) is -2.73. The molecule has 0 atom stereocenters. The Morgan fingerprint density at radius 2 is 2.00 bits per heavy atom. The normalized spacial score (nSPS) is 15.8. The van der Waals surface area contributed by atoms with Gasteiger partial charge in [-0.1, -0.05) is 18.2 Å². The van der Waals surface area contributed by atoms with Crippen LogP contribution in [0.3, 0.4) is 0 Å². The smallest absolute Gasteiger partial charge is 0.357 e. The molecule has 0 spiro atoms. The number of aliphatic hydroxyl groups excluding tert-OH is 1. The molecule has 130 valence electrons. The van der Waals surface area contributed by atoms with Gasteiger partial charge in [0.05, 0.1) is 5.56 Å². The molecule has 9 heteroatoms. The fraction of sp³-hybridized carbons (Fsp3) is 0.125. The molecule has 1 aromatic carbocycles. The lowest BCUT2D eigenvalue weighted by atomic mass is 10.0. The van der Waals surface area contributed by atoms with Gasteiger partial charge in [0, 0.05) is 19.7 Å². The van der Waals surface area contributed by atoms with Crippen molar-refractivity contribution in [2.24, 2.45) is 0 Å². The van der Waals surface area contributed by atoms with E-state index in [1.54, 1.807) is 18.2 Å². The van der Waals surface area contributed by atoms with Crippen molar-refractivity contribution in [2.45, 2.75) is 11.4 Å². The lowest BCUT2D eigenvalue weighted by Crippen LogP contribution is -2.35. The van der Waals surface area contributed by atoms with Crippen LogP contribution in [0.4, 0.5) is 4.39 Å². The maximum atomic E-state index is 13.8. The minimum absolute atomic E-state index is 0.110. The van der Waals surface area contributed by atoms with Gasteiger partial charge in [0.2, 0.25) is 0 Å². The van der Waals surface area contributed by atoms with E-state index in [1.807, 2.05) is 0 Å². The molecule has 25 heavy (non-hydrogen) atoms. The van der Waals surface area contributed by atoms with Gasteiger partial charge in [-0.2, -0.15) is 8.42 Å². The third-order valence-electron chi connectivity index (χ3n) is 3.86. The van der Waals surface area contributed by atoms with E-state index in [-0.39, 0.29) is 12.0 Å². The first-order valence-electron chi connectivity index (χ1n) is 7.11. The lowest BCUT2D eigenvalue weighted by molar-refractivity contribution is -0.133. The molecular weight excluding hydrogens is 351 g/mol. The molecule has 1 aliphatic heterocycles. The largest absolute Gasteiger partial charge is 0.505 e. The van der Waals surface area contributed by atoms with Crippen LogP contribution in [0.25, 0.3) is 5.76 Å². The zero-order chi connectivity index (χ0) is 18.4. The molecule has 0 saturated heterocycles. The van der Waals surface area contributed by atoms with Gasteiger partial charge >= 0.3 is 5.97 Å². The molecule has 0 aliphatic carbocycles. The number of aliphatic carboxylic acids is 1. The summed E-state index contributed by atoms with van der Waals surface area (Å²) in [5.41, 5.74) is -0.191. The number of rotatable bonds is 3. The van der Waals surface area contributed by atoms with Crippen LogP contribution in [0.1, 0.15) is 16.7 Å². The summed E-state index contributed by atoms with van der Waals surface area (Å²) in [7, 11) is -3.18. The van der Waals surface area contributed by atoms with Crippen molar-refractivity contribution in [3.8, 4) is 0 Å². The summed E-state index contributed by atoms with van der Waals surface area (Å²) in [5, 5.41) is 19.0. The Morgan fingerprint density at radius 1 is 1.32 bits per heavy atom. The number of aliphatic hydroxyl groups is 1. The molecule has 7 nitrogen and oxygen atoms in total. The Labute approximate surface area is 142 Å². The minimum Gasteiger partial charge on any atom is -0.505 e. The number of benzene rings is 1. The third kappa shape index (κ3) is 2.72. The highest BCUT2D eigenvalue weighted by molar-refractivity contribution is 7.89. The number of pyridine rings is 1. The summed E-state index contributed by atoms with van der Waals surface area (Å²) in [6, 6.07) is 7.36. The second kappa shape index (κ2) is 5.85. The summed E-state index contributed by atoms with van der Waals surface area (Å²) in [6.45, 7) is 0. The number of carboxylic acids is 1. The van der Waals surface area contributed by atoms with E-state index in [4.69, 9.17) is 0 Å². The van der Waals surface area contributed by atoms with E-state index >= 15 is 0 Å². The van der Waals surface area contributed by atoms with Crippen molar-refractivity contribution in [2.75, 3.05) is 7.05 Å². The molecule has 3 rings (SSSR count). The number of halogens is 1. The highest BCUT2D eigenvalue weighted by Crippen LogP contribution is 2.34. The van der Waals surface area contributed by atoms with E-state index in [2.05, 4.69) is 4.98 Å². The van der Waals surface area contributed by atoms with E-state index < -0.39 is 38.3 Å². The molecule has 2 N–H and O–H groups in total. The highest BCUT2D eigenvalue weighted by Gasteiger charge is 2.39. The Kier molecular flexibility index (Phi) is 3.96. The number of fused-ring (bicyclic) bond motifs is 1. The van der Waals surface area contributed by atoms with E-state index in [9.17, 15) is 27.8 Å². The van der Waals surface area contributed by atoms with Gasteiger partial charge in [-0.25, -0.2) is 14.2 Å². The van der Waals surface area contributed by atoms with E-state index in [0.29, 0.717) is 15.4 Å². The molecule has 1 aromatic heterocycles. The lowest BCUT2D eigenvalue weighted by Gasteiger charge is -2.26. The van der Waals surface area contributed by atoms with Crippen molar-refractivity contribution in [3.05, 3.63) is 64.7 Å². The van der Waals surface area contributed by atoms with Crippen molar-refractivity contribution in [3.63, 3.8) is 0 Å². The van der Waals surface area contributed by atoms with Crippen LogP contribution < -0.4 is 0 Å². The Morgan fingerprint density at radius 3 is 2.64 bits per heavy atom. The fourth-order valence-electron chi connectivity index (χ4n) is 2.59. The molecule has 0 fully saturated rings. The molecule has 0 radical (unpaired) electrons. The Bertz CT molecular complexity index is 1020.